The molecule has 1 atom stereocenters. The molecule has 1 aromatic heterocycles. The van der Waals surface area contributed by atoms with Gasteiger partial charge in [0.15, 0.2) is 5.69 Å². The highest BCUT2D eigenvalue weighted by molar-refractivity contribution is 5.86. The Morgan fingerprint density at radius 3 is 2.76 bits per heavy atom. The first-order chi connectivity index (χ1) is 10.2. The Labute approximate surface area is 121 Å². The van der Waals surface area contributed by atoms with Crippen molar-refractivity contribution in [1.82, 2.24) is 15.0 Å². The third-order valence-electron chi connectivity index (χ3n) is 3.46. The Hall–Kier alpha value is -2.41. The molecule has 7 heteroatoms. The molecule has 0 saturated carbocycles. The number of methoxy groups -OCH3 is 1. The highest BCUT2D eigenvalue weighted by Crippen LogP contribution is 2.31. The summed E-state index contributed by atoms with van der Waals surface area (Å²) in [6.45, 7) is 0.623. The first kappa shape index (κ1) is 13.6. The van der Waals surface area contributed by atoms with Gasteiger partial charge in [-0.2, -0.15) is 0 Å². The van der Waals surface area contributed by atoms with Gasteiger partial charge in [0.2, 0.25) is 0 Å². The fraction of sp³-hybridized carbons (Fsp3) is 0.357. The van der Waals surface area contributed by atoms with Crippen LogP contribution >= 0.6 is 0 Å². The summed E-state index contributed by atoms with van der Waals surface area (Å²) < 4.78 is 12.2. The molecule has 1 aromatic carbocycles. The maximum absolute atomic E-state index is 11.3. The van der Waals surface area contributed by atoms with Crippen molar-refractivity contribution in [3.05, 3.63) is 35.7 Å². The second-order valence-electron chi connectivity index (χ2n) is 4.74. The molecule has 1 aliphatic heterocycles. The van der Waals surface area contributed by atoms with Gasteiger partial charge in [-0.25, -0.2) is 9.48 Å². The highest BCUT2D eigenvalue weighted by atomic mass is 16.5. The number of carbonyl (C=O) groups is 1. The number of carboxylic acids is 1. The molecule has 0 bridgehead atoms. The molecular formula is C14H15N3O4. The van der Waals surface area contributed by atoms with Gasteiger partial charge in [0, 0.05) is 6.61 Å². The van der Waals surface area contributed by atoms with Gasteiger partial charge in [-0.1, -0.05) is 5.21 Å². The third-order valence-corrected chi connectivity index (χ3v) is 3.46. The van der Waals surface area contributed by atoms with E-state index in [0.29, 0.717) is 12.3 Å². The average molecular weight is 289 g/mol. The second-order valence-corrected chi connectivity index (χ2v) is 4.74. The largest absolute Gasteiger partial charge is 0.497 e. The Bertz CT molecular complexity index is 645. The van der Waals surface area contributed by atoms with Gasteiger partial charge in [-0.05, 0) is 37.1 Å². The van der Waals surface area contributed by atoms with Gasteiger partial charge in [0.1, 0.15) is 17.5 Å². The molecule has 0 aliphatic carbocycles. The minimum atomic E-state index is -1.10. The number of ether oxygens (including phenoxy) is 2. The third kappa shape index (κ3) is 2.47. The molecule has 1 aliphatic rings. The lowest BCUT2D eigenvalue weighted by Gasteiger charge is -2.13. The number of nitrogens with zero attached hydrogens (tertiary/aromatic N) is 3. The van der Waals surface area contributed by atoms with E-state index in [9.17, 15) is 9.90 Å². The SMILES string of the molecule is COc1ccc(-n2nnc(C(=O)O)c2C2CCCO2)cc1. The van der Waals surface area contributed by atoms with Crippen molar-refractivity contribution in [2.45, 2.75) is 18.9 Å². The molecule has 1 unspecified atom stereocenters. The summed E-state index contributed by atoms with van der Waals surface area (Å²) in [5.41, 5.74) is 1.16. The van der Waals surface area contributed by atoms with Crippen LogP contribution in [0.1, 0.15) is 35.1 Å². The lowest BCUT2D eigenvalue weighted by molar-refractivity contribution is 0.0673. The van der Waals surface area contributed by atoms with Crippen molar-refractivity contribution in [1.29, 1.82) is 0 Å². The molecule has 2 heterocycles. The quantitative estimate of drug-likeness (QED) is 0.924. The zero-order valence-electron chi connectivity index (χ0n) is 11.5. The molecule has 1 fully saturated rings. The predicted octanol–water partition coefficient (Wildman–Crippen LogP) is 1.83. The van der Waals surface area contributed by atoms with Crippen LogP contribution in [0.25, 0.3) is 5.69 Å². The van der Waals surface area contributed by atoms with E-state index < -0.39 is 5.97 Å². The standard InChI is InChI=1S/C14H15N3O4/c1-20-10-6-4-9(5-7-10)17-13(11-3-2-8-21-11)12(14(18)19)15-16-17/h4-7,11H,2-3,8H2,1H3,(H,18,19). The summed E-state index contributed by atoms with van der Waals surface area (Å²) in [5.74, 6) is -0.378. The molecule has 0 amide bonds. The molecule has 110 valence electrons. The van der Waals surface area contributed by atoms with Gasteiger partial charge in [-0.3, -0.25) is 0 Å². The van der Waals surface area contributed by atoms with Gasteiger partial charge in [-0.15, -0.1) is 5.10 Å². The van der Waals surface area contributed by atoms with Gasteiger partial charge >= 0.3 is 5.97 Å². The smallest absolute Gasteiger partial charge is 0.358 e. The lowest BCUT2D eigenvalue weighted by Crippen LogP contribution is -2.11. The van der Waals surface area contributed by atoms with Crippen LogP contribution in [0.3, 0.4) is 0 Å². The van der Waals surface area contributed by atoms with Crippen molar-refractivity contribution in [3.8, 4) is 11.4 Å². The van der Waals surface area contributed by atoms with Crippen LogP contribution in [0.2, 0.25) is 0 Å². The lowest BCUT2D eigenvalue weighted by atomic mass is 10.1. The van der Waals surface area contributed by atoms with E-state index in [1.54, 1.807) is 31.4 Å². The van der Waals surface area contributed by atoms with Crippen molar-refractivity contribution < 1.29 is 19.4 Å². The maximum atomic E-state index is 11.3. The minimum absolute atomic E-state index is 0.0577. The molecular weight excluding hydrogens is 274 g/mol. The Morgan fingerprint density at radius 1 is 1.43 bits per heavy atom. The number of hydrogen-bond acceptors (Lipinski definition) is 5. The van der Waals surface area contributed by atoms with E-state index in [2.05, 4.69) is 10.3 Å². The number of aromatic nitrogens is 3. The van der Waals surface area contributed by atoms with Crippen molar-refractivity contribution in [2.24, 2.45) is 0 Å². The fourth-order valence-corrected chi connectivity index (χ4v) is 2.44. The van der Waals surface area contributed by atoms with E-state index in [4.69, 9.17) is 9.47 Å². The van der Waals surface area contributed by atoms with Gasteiger partial charge < -0.3 is 14.6 Å². The van der Waals surface area contributed by atoms with Crippen LogP contribution < -0.4 is 4.74 Å². The summed E-state index contributed by atoms with van der Waals surface area (Å²) in [6, 6.07) is 7.18. The number of carboxylic acid groups (broad SMARTS) is 1. The summed E-state index contributed by atoms with van der Waals surface area (Å²) in [6.07, 6.45) is 1.38. The second kappa shape index (κ2) is 5.53. The number of benzene rings is 1. The number of rotatable bonds is 4. The Balaban J connectivity index is 2.06. The van der Waals surface area contributed by atoms with Crippen molar-refractivity contribution in [3.63, 3.8) is 0 Å². The normalized spacial score (nSPS) is 17.9. The summed E-state index contributed by atoms with van der Waals surface area (Å²) >= 11 is 0. The molecule has 7 nitrogen and oxygen atoms in total. The number of aromatic carboxylic acids is 1. The molecule has 21 heavy (non-hydrogen) atoms. The van der Waals surface area contributed by atoms with Gasteiger partial charge in [0.05, 0.1) is 12.8 Å². The summed E-state index contributed by atoms with van der Waals surface area (Å²) in [5, 5.41) is 17.0. The van der Waals surface area contributed by atoms with E-state index >= 15 is 0 Å². The Kier molecular flexibility index (Phi) is 3.57. The first-order valence-electron chi connectivity index (χ1n) is 6.65. The van der Waals surface area contributed by atoms with E-state index in [1.165, 1.54) is 4.68 Å². The van der Waals surface area contributed by atoms with Crippen molar-refractivity contribution >= 4 is 5.97 Å². The van der Waals surface area contributed by atoms with Crippen LogP contribution in [0, 0.1) is 0 Å². The molecule has 0 radical (unpaired) electrons. The molecule has 1 N–H and O–H groups in total. The predicted molar refractivity (Wildman–Crippen MR) is 72.8 cm³/mol. The van der Waals surface area contributed by atoms with E-state index in [1.807, 2.05) is 0 Å². The van der Waals surface area contributed by atoms with Crippen LogP contribution in [-0.4, -0.2) is 39.8 Å². The topological polar surface area (TPSA) is 86.5 Å². The molecule has 0 spiro atoms. The number of hydrogen-bond donors (Lipinski definition) is 1. The van der Waals surface area contributed by atoms with Crippen LogP contribution in [-0.2, 0) is 4.74 Å². The minimum Gasteiger partial charge on any atom is -0.497 e. The zero-order valence-corrected chi connectivity index (χ0v) is 11.5. The van der Waals surface area contributed by atoms with E-state index in [0.717, 1.165) is 24.3 Å². The monoisotopic (exact) mass is 289 g/mol. The van der Waals surface area contributed by atoms with Crippen molar-refractivity contribution in [2.75, 3.05) is 13.7 Å². The first-order valence-corrected chi connectivity index (χ1v) is 6.65. The summed E-state index contributed by atoms with van der Waals surface area (Å²) in [4.78, 5) is 11.3. The van der Waals surface area contributed by atoms with Crippen LogP contribution in [0.15, 0.2) is 24.3 Å². The maximum Gasteiger partial charge on any atom is 0.358 e. The highest BCUT2D eigenvalue weighted by Gasteiger charge is 2.30. The average Bonchev–Trinajstić information content (AvgIpc) is 3.16. The van der Waals surface area contributed by atoms with Gasteiger partial charge in [0.25, 0.3) is 0 Å². The van der Waals surface area contributed by atoms with Crippen LogP contribution in [0.4, 0.5) is 0 Å². The molecule has 2 aromatic rings. The molecule has 1 saturated heterocycles. The Morgan fingerprint density at radius 2 is 2.19 bits per heavy atom. The molecule has 3 rings (SSSR count). The van der Waals surface area contributed by atoms with E-state index in [-0.39, 0.29) is 11.8 Å². The fourth-order valence-electron chi connectivity index (χ4n) is 2.44. The zero-order chi connectivity index (χ0) is 14.8. The summed E-state index contributed by atoms with van der Waals surface area (Å²) in [7, 11) is 1.59. The van der Waals surface area contributed by atoms with Crippen LogP contribution in [0.5, 0.6) is 5.75 Å².